The first kappa shape index (κ1) is 15.9. The molecule has 1 aromatic rings. The van der Waals surface area contributed by atoms with Gasteiger partial charge >= 0.3 is 6.18 Å². The minimum absolute atomic E-state index is 0. The fourth-order valence-corrected chi connectivity index (χ4v) is 1.20. The van der Waals surface area contributed by atoms with Crippen molar-refractivity contribution in [3.05, 3.63) is 23.8 Å². The number of hydrogen-bond donors (Lipinski definition) is 1. The number of alkyl halides is 3. The van der Waals surface area contributed by atoms with Gasteiger partial charge in [-0.1, -0.05) is 0 Å². The third kappa shape index (κ3) is 3.98. The second kappa shape index (κ2) is 5.97. The van der Waals surface area contributed by atoms with E-state index in [1.165, 1.54) is 32.4 Å². The van der Waals surface area contributed by atoms with E-state index in [0.29, 0.717) is 0 Å². The zero-order valence-corrected chi connectivity index (χ0v) is 10.1. The molecule has 0 radical (unpaired) electrons. The zero-order chi connectivity index (χ0) is 12.3. The van der Waals surface area contributed by atoms with Crippen molar-refractivity contribution in [1.29, 1.82) is 0 Å². The lowest BCUT2D eigenvalue weighted by atomic mass is 10.1. The van der Waals surface area contributed by atoms with Gasteiger partial charge in [0.2, 0.25) is 0 Å². The third-order valence-corrected chi connectivity index (χ3v) is 2.09. The molecule has 2 N–H and O–H groups in total. The first-order chi connectivity index (χ1) is 7.38. The number of halogens is 4. The summed E-state index contributed by atoms with van der Waals surface area (Å²) in [5.41, 5.74) is 4.99. The Kier molecular flexibility index (Phi) is 5.57. The molecule has 0 saturated carbocycles. The van der Waals surface area contributed by atoms with Crippen LogP contribution in [0.15, 0.2) is 18.2 Å². The SMILES string of the molecule is COc1cc(OC)cc([C@@H](N)C(F)(F)F)c1.Cl. The van der Waals surface area contributed by atoms with Gasteiger partial charge in [-0.3, -0.25) is 0 Å². The Balaban J connectivity index is 0.00000256. The predicted octanol–water partition coefficient (Wildman–Crippen LogP) is 2.69. The summed E-state index contributed by atoms with van der Waals surface area (Å²) in [5, 5.41) is 0. The van der Waals surface area contributed by atoms with E-state index in [4.69, 9.17) is 15.2 Å². The van der Waals surface area contributed by atoms with Crippen LogP contribution in [0, 0.1) is 0 Å². The van der Waals surface area contributed by atoms with Gasteiger partial charge in [0.25, 0.3) is 0 Å². The van der Waals surface area contributed by atoms with Gasteiger partial charge in [0, 0.05) is 6.07 Å². The van der Waals surface area contributed by atoms with E-state index in [1.54, 1.807) is 0 Å². The molecule has 17 heavy (non-hydrogen) atoms. The fraction of sp³-hybridized carbons (Fsp3) is 0.400. The molecule has 0 aliphatic rings. The Hall–Kier alpha value is -1.14. The van der Waals surface area contributed by atoms with Gasteiger partial charge in [0.05, 0.1) is 14.2 Å². The van der Waals surface area contributed by atoms with Crippen molar-refractivity contribution < 1.29 is 22.6 Å². The standard InChI is InChI=1S/C10H12F3NO2.ClH/c1-15-7-3-6(4-8(5-7)16-2)9(14)10(11,12)13;/h3-5,9H,14H2,1-2H3;1H/t9-;/m1./s1. The molecule has 1 rings (SSSR count). The largest absolute Gasteiger partial charge is 0.497 e. The van der Waals surface area contributed by atoms with E-state index < -0.39 is 12.2 Å². The van der Waals surface area contributed by atoms with Crippen LogP contribution in [0.25, 0.3) is 0 Å². The summed E-state index contributed by atoms with van der Waals surface area (Å²) in [7, 11) is 2.72. The van der Waals surface area contributed by atoms with Crippen LogP contribution in [0.5, 0.6) is 11.5 Å². The topological polar surface area (TPSA) is 44.5 Å². The predicted molar refractivity (Wildman–Crippen MR) is 59.8 cm³/mol. The maximum Gasteiger partial charge on any atom is 0.407 e. The molecule has 0 bridgehead atoms. The molecule has 1 aromatic carbocycles. The van der Waals surface area contributed by atoms with Gasteiger partial charge in [0.1, 0.15) is 17.5 Å². The normalized spacial score (nSPS) is 12.6. The third-order valence-electron chi connectivity index (χ3n) is 2.09. The molecule has 0 fully saturated rings. The van der Waals surface area contributed by atoms with Crippen molar-refractivity contribution in [2.24, 2.45) is 5.73 Å². The zero-order valence-electron chi connectivity index (χ0n) is 9.25. The summed E-state index contributed by atoms with van der Waals surface area (Å²) in [6.07, 6.45) is -4.49. The van der Waals surface area contributed by atoms with E-state index in [2.05, 4.69) is 0 Å². The van der Waals surface area contributed by atoms with E-state index in [1.807, 2.05) is 0 Å². The lowest BCUT2D eigenvalue weighted by Gasteiger charge is -2.17. The Morgan fingerprint density at radius 3 is 1.76 bits per heavy atom. The fourth-order valence-electron chi connectivity index (χ4n) is 1.20. The van der Waals surface area contributed by atoms with Crippen LogP contribution in [0.1, 0.15) is 11.6 Å². The van der Waals surface area contributed by atoms with Crippen molar-refractivity contribution in [1.82, 2.24) is 0 Å². The lowest BCUT2D eigenvalue weighted by molar-refractivity contribution is -0.149. The minimum Gasteiger partial charge on any atom is -0.497 e. The van der Waals surface area contributed by atoms with Crippen LogP contribution in [0.4, 0.5) is 13.2 Å². The molecule has 0 aliphatic heterocycles. The average molecular weight is 272 g/mol. The molecule has 1 atom stereocenters. The second-order valence-corrected chi connectivity index (χ2v) is 3.17. The Bertz CT molecular complexity index is 349. The van der Waals surface area contributed by atoms with Gasteiger partial charge in [-0.05, 0) is 17.7 Å². The minimum atomic E-state index is -4.49. The van der Waals surface area contributed by atoms with Gasteiger partial charge in [-0.25, -0.2) is 0 Å². The molecule has 0 heterocycles. The molecule has 98 valence electrons. The molecule has 0 aliphatic carbocycles. The second-order valence-electron chi connectivity index (χ2n) is 3.17. The highest BCUT2D eigenvalue weighted by Gasteiger charge is 2.38. The molecule has 0 spiro atoms. The van der Waals surface area contributed by atoms with Gasteiger partial charge < -0.3 is 15.2 Å². The Morgan fingerprint density at radius 1 is 1.06 bits per heavy atom. The van der Waals surface area contributed by atoms with Crippen molar-refractivity contribution in [2.75, 3.05) is 14.2 Å². The van der Waals surface area contributed by atoms with Crippen LogP contribution < -0.4 is 15.2 Å². The molecule has 7 heteroatoms. The van der Waals surface area contributed by atoms with Crippen LogP contribution in [0.2, 0.25) is 0 Å². The summed E-state index contributed by atoms with van der Waals surface area (Å²) >= 11 is 0. The summed E-state index contributed by atoms with van der Waals surface area (Å²) < 4.78 is 46.9. The molecule has 3 nitrogen and oxygen atoms in total. The molecule has 0 unspecified atom stereocenters. The summed E-state index contributed by atoms with van der Waals surface area (Å²) in [4.78, 5) is 0. The van der Waals surface area contributed by atoms with Crippen LogP contribution in [-0.4, -0.2) is 20.4 Å². The molecule has 0 amide bonds. The van der Waals surface area contributed by atoms with Crippen LogP contribution in [0.3, 0.4) is 0 Å². The number of hydrogen-bond acceptors (Lipinski definition) is 3. The van der Waals surface area contributed by atoms with Gasteiger partial charge in [0.15, 0.2) is 0 Å². The van der Waals surface area contributed by atoms with E-state index >= 15 is 0 Å². The number of benzene rings is 1. The summed E-state index contributed by atoms with van der Waals surface area (Å²) in [5.74, 6) is 0.545. The smallest absolute Gasteiger partial charge is 0.407 e. The summed E-state index contributed by atoms with van der Waals surface area (Å²) in [6, 6.07) is 1.91. The lowest BCUT2D eigenvalue weighted by Crippen LogP contribution is -2.28. The van der Waals surface area contributed by atoms with Crippen molar-refractivity contribution in [3.63, 3.8) is 0 Å². The number of ether oxygens (including phenoxy) is 2. The number of nitrogens with two attached hydrogens (primary N) is 1. The van der Waals surface area contributed by atoms with E-state index in [0.717, 1.165) is 0 Å². The molecule has 0 saturated heterocycles. The molecular weight excluding hydrogens is 259 g/mol. The Morgan fingerprint density at radius 2 is 1.47 bits per heavy atom. The van der Waals surface area contributed by atoms with Gasteiger partial charge in [-0.15, -0.1) is 12.4 Å². The van der Waals surface area contributed by atoms with Crippen LogP contribution in [-0.2, 0) is 0 Å². The molecular formula is C10H13ClF3NO2. The number of methoxy groups -OCH3 is 2. The van der Waals surface area contributed by atoms with E-state index in [-0.39, 0.29) is 29.5 Å². The highest BCUT2D eigenvalue weighted by atomic mass is 35.5. The number of rotatable bonds is 3. The summed E-state index contributed by atoms with van der Waals surface area (Å²) in [6.45, 7) is 0. The van der Waals surface area contributed by atoms with Gasteiger partial charge in [-0.2, -0.15) is 13.2 Å². The van der Waals surface area contributed by atoms with Crippen LogP contribution >= 0.6 is 12.4 Å². The maximum atomic E-state index is 12.4. The highest BCUT2D eigenvalue weighted by molar-refractivity contribution is 5.85. The first-order valence-corrected chi connectivity index (χ1v) is 4.43. The maximum absolute atomic E-state index is 12.4. The quantitative estimate of drug-likeness (QED) is 0.919. The van der Waals surface area contributed by atoms with Crippen molar-refractivity contribution in [3.8, 4) is 11.5 Å². The van der Waals surface area contributed by atoms with E-state index in [9.17, 15) is 13.2 Å². The monoisotopic (exact) mass is 271 g/mol. The highest BCUT2D eigenvalue weighted by Crippen LogP contribution is 2.34. The Labute approximate surface area is 103 Å². The molecule has 0 aromatic heterocycles. The van der Waals surface area contributed by atoms with Crippen molar-refractivity contribution in [2.45, 2.75) is 12.2 Å². The first-order valence-electron chi connectivity index (χ1n) is 4.43. The van der Waals surface area contributed by atoms with Crippen molar-refractivity contribution >= 4 is 12.4 Å². The average Bonchev–Trinajstić information content (AvgIpc) is 2.26.